The third-order valence-corrected chi connectivity index (χ3v) is 2.79. The zero-order chi connectivity index (χ0) is 13.1. The van der Waals surface area contributed by atoms with Crippen molar-refractivity contribution in [2.45, 2.75) is 20.5 Å². The SMILES string of the molecule is Cc1cccc(OCc2ccc(C(=O)[O-])o2)c1C. The van der Waals surface area contributed by atoms with Gasteiger partial charge in [-0.05, 0) is 43.2 Å². The van der Waals surface area contributed by atoms with Crippen molar-refractivity contribution in [3.63, 3.8) is 0 Å². The molecule has 0 N–H and O–H groups in total. The van der Waals surface area contributed by atoms with Gasteiger partial charge in [0.2, 0.25) is 0 Å². The van der Waals surface area contributed by atoms with Crippen LogP contribution in [-0.2, 0) is 6.61 Å². The highest BCUT2D eigenvalue weighted by molar-refractivity contribution is 5.82. The molecule has 4 heteroatoms. The minimum Gasteiger partial charge on any atom is -0.542 e. The molecule has 1 aromatic heterocycles. The Morgan fingerprint density at radius 3 is 2.72 bits per heavy atom. The summed E-state index contributed by atoms with van der Waals surface area (Å²) >= 11 is 0. The van der Waals surface area contributed by atoms with Crippen LogP contribution in [0.2, 0.25) is 0 Å². The number of carboxylic acids is 1. The summed E-state index contributed by atoms with van der Waals surface area (Å²) in [5.41, 5.74) is 2.20. The minimum atomic E-state index is -1.33. The van der Waals surface area contributed by atoms with Crippen molar-refractivity contribution in [1.29, 1.82) is 0 Å². The van der Waals surface area contributed by atoms with Gasteiger partial charge in [0.1, 0.15) is 29.8 Å². The number of carbonyl (C=O) groups excluding carboxylic acids is 1. The molecule has 0 aliphatic heterocycles. The van der Waals surface area contributed by atoms with Gasteiger partial charge in [-0.2, -0.15) is 0 Å². The molecule has 94 valence electrons. The van der Waals surface area contributed by atoms with E-state index in [0.717, 1.165) is 16.9 Å². The van der Waals surface area contributed by atoms with Gasteiger partial charge in [-0.3, -0.25) is 0 Å². The van der Waals surface area contributed by atoms with Gasteiger partial charge in [0.25, 0.3) is 0 Å². The third kappa shape index (κ3) is 2.53. The molecular weight excluding hydrogens is 232 g/mol. The Labute approximate surface area is 105 Å². The molecule has 0 bridgehead atoms. The van der Waals surface area contributed by atoms with Gasteiger partial charge in [-0.1, -0.05) is 12.1 Å². The quantitative estimate of drug-likeness (QED) is 0.824. The second kappa shape index (κ2) is 4.96. The zero-order valence-electron chi connectivity index (χ0n) is 10.2. The zero-order valence-corrected chi connectivity index (χ0v) is 10.2. The number of benzene rings is 1. The molecule has 0 unspecified atom stereocenters. The van der Waals surface area contributed by atoms with Gasteiger partial charge in [0, 0.05) is 0 Å². The number of aryl methyl sites for hydroxylation is 1. The summed E-state index contributed by atoms with van der Waals surface area (Å²) in [6, 6.07) is 8.70. The number of carbonyl (C=O) groups is 1. The fourth-order valence-electron chi connectivity index (χ4n) is 1.59. The van der Waals surface area contributed by atoms with E-state index < -0.39 is 5.97 Å². The van der Waals surface area contributed by atoms with Gasteiger partial charge >= 0.3 is 0 Å². The molecule has 0 saturated carbocycles. The van der Waals surface area contributed by atoms with Crippen LogP contribution < -0.4 is 9.84 Å². The number of hydrogen-bond donors (Lipinski definition) is 0. The number of carboxylic acid groups (broad SMARTS) is 1. The third-order valence-electron chi connectivity index (χ3n) is 2.79. The molecule has 2 aromatic rings. The van der Waals surface area contributed by atoms with E-state index in [2.05, 4.69) is 0 Å². The number of rotatable bonds is 4. The second-order valence-electron chi connectivity index (χ2n) is 4.04. The summed E-state index contributed by atoms with van der Waals surface area (Å²) in [7, 11) is 0. The smallest absolute Gasteiger partial charge is 0.149 e. The first-order valence-corrected chi connectivity index (χ1v) is 5.57. The summed E-state index contributed by atoms with van der Waals surface area (Å²) in [5, 5.41) is 10.5. The molecule has 0 aliphatic carbocycles. The van der Waals surface area contributed by atoms with Crippen molar-refractivity contribution in [1.82, 2.24) is 0 Å². The monoisotopic (exact) mass is 245 g/mol. The molecule has 0 aliphatic rings. The first-order valence-electron chi connectivity index (χ1n) is 5.57. The van der Waals surface area contributed by atoms with Gasteiger partial charge in [0.05, 0.1) is 0 Å². The van der Waals surface area contributed by atoms with Gasteiger partial charge in [0.15, 0.2) is 0 Å². The molecular formula is C14H13O4-. The predicted octanol–water partition coefficient (Wildman–Crippen LogP) is 1.84. The highest BCUT2D eigenvalue weighted by atomic mass is 16.5. The molecule has 4 nitrogen and oxygen atoms in total. The van der Waals surface area contributed by atoms with E-state index in [9.17, 15) is 9.90 Å². The van der Waals surface area contributed by atoms with Gasteiger partial charge < -0.3 is 19.1 Å². The Morgan fingerprint density at radius 1 is 1.28 bits per heavy atom. The lowest BCUT2D eigenvalue weighted by molar-refractivity contribution is -0.257. The van der Waals surface area contributed by atoms with Crippen LogP contribution >= 0.6 is 0 Å². The van der Waals surface area contributed by atoms with Gasteiger partial charge in [-0.25, -0.2) is 0 Å². The Balaban J connectivity index is 2.07. The largest absolute Gasteiger partial charge is 0.542 e. The van der Waals surface area contributed by atoms with E-state index in [-0.39, 0.29) is 12.4 Å². The van der Waals surface area contributed by atoms with Crippen molar-refractivity contribution in [2.75, 3.05) is 0 Å². The van der Waals surface area contributed by atoms with Crippen LogP contribution in [0.3, 0.4) is 0 Å². The summed E-state index contributed by atoms with van der Waals surface area (Å²) < 4.78 is 10.6. The van der Waals surface area contributed by atoms with Crippen LogP contribution in [-0.4, -0.2) is 5.97 Å². The van der Waals surface area contributed by atoms with Crippen LogP contribution in [0, 0.1) is 13.8 Å². The second-order valence-corrected chi connectivity index (χ2v) is 4.04. The van der Waals surface area contributed by atoms with Crippen molar-refractivity contribution in [3.05, 3.63) is 53.0 Å². The van der Waals surface area contributed by atoms with Crippen molar-refractivity contribution in [3.8, 4) is 5.75 Å². The number of furan rings is 1. The molecule has 0 radical (unpaired) electrons. The Bertz CT molecular complexity index is 569. The maximum absolute atomic E-state index is 10.5. The van der Waals surface area contributed by atoms with Crippen molar-refractivity contribution < 1.29 is 19.1 Å². The Morgan fingerprint density at radius 2 is 2.06 bits per heavy atom. The van der Waals surface area contributed by atoms with Crippen LogP contribution in [0.4, 0.5) is 0 Å². The summed E-state index contributed by atoms with van der Waals surface area (Å²) in [6.07, 6.45) is 0. The van der Waals surface area contributed by atoms with Gasteiger partial charge in [-0.15, -0.1) is 0 Å². The predicted molar refractivity (Wildman–Crippen MR) is 63.3 cm³/mol. The maximum atomic E-state index is 10.5. The van der Waals surface area contributed by atoms with Crippen molar-refractivity contribution >= 4 is 5.97 Å². The van der Waals surface area contributed by atoms with E-state index in [4.69, 9.17) is 9.15 Å². The van der Waals surface area contributed by atoms with Crippen molar-refractivity contribution in [2.24, 2.45) is 0 Å². The highest BCUT2D eigenvalue weighted by Gasteiger charge is 2.06. The lowest BCUT2D eigenvalue weighted by Crippen LogP contribution is -2.21. The molecule has 0 amide bonds. The Kier molecular flexibility index (Phi) is 3.37. The summed E-state index contributed by atoms with van der Waals surface area (Å²) in [6.45, 7) is 4.17. The first kappa shape index (κ1) is 12.2. The molecule has 18 heavy (non-hydrogen) atoms. The first-order chi connectivity index (χ1) is 8.58. The van der Waals surface area contributed by atoms with Crippen LogP contribution in [0.1, 0.15) is 27.4 Å². The average Bonchev–Trinajstić information content (AvgIpc) is 2.80. The lowest BCUT2D eigenvalue weighted by Gasteiger charge is -2.09. The van der Waals surface area contributed by atoms with E-state index in [1.165, 1.54) is 6.07 Å². The molecule has 1 heterocycles. The van der Waals surface area contributed by atoms with E-state index in [1.54, 1.807) is 6.07 Å². The fourth-order valence-corrected chi connectivity index (χ4v) is 1.59. The normalized spacial score (nSPS) is 10.3. The van der Waals surface area contributed by atoms with Crippen LogP contribution in [0.15, 0.2) is 34.7 Å². The molecule has 0 atom stereocenters. The fraction of sp³-hybridized carbons (Fsp3) is 0.214. The minimum absolute atomic E-state index is 0.186. The lowest BCUT2D eigenvalue weighted by atomic mass is 10.1. The van der Waals surface area contributed by atoms with E-state index in [1.807, 2.05) is 32.0 Å². The van der Waals surface area contributed by atoms with E-state index >= 15 is 0 Å². The molecule has 0 fully saturated rings. The standard InChI is InChI=1S/C14H14O4/c1-9-4-3-5-12(10(9)2)17-8-11-6-7-13(18-11)14(15)16/h3-7H,8H2,1-2H3,(H,15,16)/p-1. The Hall–Kier alpha value is -2.23. The van der Waals surface area contributed by atoms with Crippen LogP contribution in [0.5, 0.6) is 5.75 Å². The molecule has 2 rings (SSSR count). The molecule has 1 aromatic carbocycles. The highest BCUT2D eigenvalue weighted by Crippen LogP contribution is 2.22. The molecule has 0 spiro atoms. The number of aromatic carboxylic acids is 1. The van der Waals surface area contributed by atoms with E-state index in [0.29, 0.717) is 5.76 Å². The molecule has 0 saturated heterocycles. The number of hydrogen-bond acceptors (Lipinski definition) is 4. The average molecular weight is 245 g/mol. The number of ether oxygens (including phenoxy) is 1. The summed E-state index contributed by atoms with van der Waals surface area (Å²) in [4.78, 5) is 10.5. The summed E-state index contributed by atoms with van der Waals surface area (Å²) in [5.74, 6) is -0.293. The maximum Gasteiger partial charge on any atom is 0.149 e. The topological polar surface area (TPSA) is 62.5 Å². The van der Waals surface area contributed by atoms with Crippen LogP contribution in [0.25, 0.3) is 0 Å².